The molecule has 2 aliphatic rings. The van der Waals surface area contributed by atoms with Gasteiger partial charge in [0.25, 0.3) is 0 Å². The summed E-state index contributed by atoms with van der Waals surface area (Å²) >= 11 is 0. The van der Waals surface area contributed by atoms with E-state index in [4.69, 9.17) is 0 Å². The molecule has 5 nitrogen and oxygen atoms in total. The summed E-state index contributed by atoms with van der Waals surface area (Å²) in [5, 5.41) is 11.7. The highest BCUT2D eigenvalue weighted by Crippen LogP contribution is 2.31. The standard InChI is InChI=1S/C23H32N4O/c1-21(2,3)26-14-12-24(18-26)16-23(28,20-10-8-7-9-11-20)17-25-13-15-27(19-25)22(4,5)6/h7-15,28H,16-17H2,1-6H3. The minimum Gasteiger partial charge on any atom is -0.381 e. The average molecular weight is 381 g/mol. The first kappa shape index (κ1) is 20.6. The van der Waals surface area contributed by atoms with Crippen LogP contribution in [-0.2, 0) is 5.60 Å². The van der Waals surface area contributed by atoms with E-state index in [-0.39, 0.29) is 11.1 Å². The zero-order valence-corrected chi connectivity index (χ0v) is 17.8. The van der Waals surface area contributed by atoms with Crippen LogP contribution in [0.2, 0.25) is 0 Å². The predicted octanol–water partition coefficient (Wildman–Crippen LogP) is 3.64. The SMILES string of the molecule is CC(C)(C)N1[C]N(CC(O)(CN2[C]N(C(C)(C)C)C=C2)c2ccccc2)C=C1. The summed E-state index contributed by atoms with van der Waals surface area (Å²) in [5.74, 6) is 0. The molecule has 0 unspecified atom stereocenters. The van der Waals surface area contributed by atoms with Gasteiger partial charge in [0.05, 0.1) is 13.1 Å². The number of benzene rings is 1. The fraction of sp³-hybridized carbons (Fsp3) is 0.478. The van der Waals surface area contributed by atoms with E-state index in [1.54, 1.807) is 0 Å². The van der Waals surface area contributed by atoms with Gasteiger partial charge in [-0.2, -0.15) is 0 Å². The van der Waals surface area contributed by atoms with E-state index in [0.29, 0.717) is 13.1 Å². The molecule has 4 radical (unpaired) electrons. The monoisotopic (exact) mass is 380 g/mol. The minimum atomic E-state index is -1.09. The summed E-state index contributed by atoms with van der Waals surface area (Å²) in [6, 6.07) is 9.84. The highest BCUT2D eigenvalue weighted by molar-refractivity contribution is 5.25. The Bertz CT molecular complexity index is 674. The van der Waals surface area contributed by atoms with Gasteiger partial charge < -0.3 is 24.7 Å². The Labute approximate surface area is 170 Å². The van der Waals surface area contributed by atoms with Crippen molar-refractivity contribution in [3.8, 4) is 0 Å². The second kappa shape index (κ2) is 7.36. The largest absolute Gasteiger partial charge is 0.381 e. The molecule has 5 heteroatoms. The molecule has 1 N–H and O–H groups in total. The lowest BCUT2D eigenvalue weighted by Gasteiger charge is -2.38. The molecule has 0 amide bonds. The Hall–Kier alpha value is -2.14. The van der Waals surface area contributed by atoms with Crippen LogP contribution in [-0.4, -0.2) is 48.9 Å². The number of nitrogens with zero attached hydrogens (tertiary/aromatic N) is 4. The summed E-state index contributed by atoms with van der Waals surface area (Å²) in [5.41, 5.74) is -0.313. The van der Waals surface area contributed by atoms with Crippen LogP contribution in [0.15, 0.2) is 55.1 Å². The second-order valence-corrected chi connectivity index (χ2v) is 9.53. The lowest BCUT2D eigenvalue weighted by atomic mass is 9.92. The van der Waals surface area contributed by atoms with Crippen LogP contribution in [0.4, 0.5) is 0 Å². The fourth-order valence-electron chi connectivity index (χ4n) is 3.17. The number of β-amino-alcohol motifs (C(OH)–C–C–N with tert-alkyl or cyclic N) is 1. The van der Waals surface area contributed by atoms with Gasteiger partial charge >= 0.3 is 0 Å². The van der Waals surface area contributed by atoms with Gasteiger partial charge in [-0.3, -0.25) is 0 Å². The van der Waals surface area contributed by atoms with Crippen molar-refractivity contribution < 1.29 is 5.11 Å². The first-order valence-corrected chi connectivity index (χ1v) is 9.76. The van der Waals surface area contributed by atoms with Crippen molar-refractivity contribution in [3.63, 3.8) is 0 Å². The Balaban J connectivity index is 1.75. The molecule has 0 fully saturated rings. The first-order valence-electron chi connectivity index (χ1n) is 9.76. The molecule has 2 heterocycles. The molecule has 0 spiro atoms. The minimum absolute atomic E-state index is 0.0530. The number of hydrogen-bond acceptors (Lipinski definition) is 5. The molecular weight excluding hydrogens is 348 g/mol. The Morgan fingerprint density at radius 1 is 0.714 bits per heavy atom. The predicted molar refractivity (Wildman–Crippen MR) is 112 cm³/mol. The van der Waals surface area contributed by atoms with Crippen molar-refractivity contribution in [3.05, 3.63) is 74.0 Å². The molecule has 28 heavy (non-hydrogen) atoms. The van der Waals surface area contributed by atoms with Crippen molar-refractivity contribution in [1.82, 2.24) is 19.6 Å². The van der Waals surface area contributed by atoms with Crippen LogP contribution < -0.4 is 0 Å². The topological polar surface area (TPSA) is 33.2 Å². The van der Waals surface area contributed by atoms with Crippen molar-refractivity contribution in [1.29, 1.82) is 0 Å². The third-order valence-electron chi connectivity index (χ3n) is 4.88. The van der Waals surface area contributed by atoms with E-state index >= 15 is 0 Å². The van der Waals surface area contributed by atoms with Crippen molar-refractivity contribution >= 4 is 0 Å². The van der Waals surface area contributed by atoms with Gasteiger partial charge in [0.15, 0.2) is 0 Å². The third-order valence-corrected chi connectivity index (χ3v) is 4.88. The van der Waals surface area contributed by atoms with Gasteiger partial charge in [0, 0.05) is 35.9 Å². The molecule has 1 aromatic carbocycles. The third kappa shape index (κ3) is 4.64. The number of aliphatic hydroxyl groups is 1. The Morgan fingerprint density at radius 2 is 1.14 bits per heavy atom. The molecular formula is C23H32N4O. The summed E-state index contributed by atoms with van der Waals surface area (Å²) in [4.78, 5) is 7.93. The maximum absolute atomic E-state index is 11.7. The molecule has 1 aromatic rings. The molecule has 0 aromatic heterocycles. The normalized spacial score (nSPS) is 18.0. The maximum atomic E-state index is 11.7. The van der Waals surface area contributed by atoms with Crippen LogP contribution in [0, 0.1) is 13.3 Å². The van der Waals surface area contributed by atoms with Gasteiger partial charge in [-0.05, 0) is 47.1 Å². The molecule has 0 atom stereocenters. The number of rotatable bonds is 5. The van der Waals surface area contributed by atoms with Crippen LogP contribution in [0.3, 0.4) is 0 Å². The summed E-state index contributed by atoms with van der Waals surface area (Å²) in [7, 11) is 0. The van der Waals surface area contributed by atoms with E-state index in [1.165, 1.54) is 0 Å². The van der Waals surface area contributed by atoms with Crippen LogP contribution in [0.25, 0.3) is 0 Å². The summed E-state index contributed by atoms with van der Waals surface area (Å²) < 4.78 is 0. The first-order chi connectivity index (χ1) is 13.0. The molecule has 0 saturated carbocycles. The molecule has 0 bridgehead atoms. The molecule has 0 aliphatic carbocycles. The lowest BCUT2D eigenvalue weighted by Crippen LogP contribution is -2.47. The van der Waals surface area contributed by atoms with Crippen LogP contribution >= 0.6 is 0 Å². The number of hydrogen-bond donors (Lipinski definition) is 1. The van der Waals surface area contributed by atoms with E-state index < -0.39 is 5.60 Å². The summed E-state index contributed by atoms with van der Waals surface area (Å²) in [6.07, 6.45) is 7.93. The van der Waals surface area contributed by atoms with Gasteiger partial charge in [-0.25, -0.2) is 0 Å². The molecule has 2 aliphatic heterocycles. The zero-order valence-electron chi connectivity index (χ0n) is 17.8. The quantitative estimate of drug-likeness (QED) is 0.843. The van der Waals surface area contributed by atoms with Gasteiger partial charge in [-0.15, -0.1) is 0 Å². The smallest absolute Gasteiger partial charge is 0.208 e. The van der Waals surface area contributed by atoms with Crippen molar-refractivity contribution in [2.75, 3.05) is 13.1 Å². The fourth-order valence-corrected chi connectivity index (χ4v) is 3.17. The second-order valence-electron chi connectivity index (χ2n) is 9.53. The van der Waals surface area contributed by atoms with E-state index in [9.17, 15) is 5.11 Å². The van der Waals surface area contributed by atoms with Crippen LogP contribution in [0.5, 0.6) is 0 Å². The lowest BCUT2D eigenvalue weighted by molar-refractivity contribution is -0.00780. The molecule has 3 rings (SSSR count). The van der Waals surface area contributed by atoms with E-state index in [2.05, 4.69) is 54.9 Å². The average Bonchev–Trinajstić information content (AvgIpc) is 3.24. The maximum Gasteiger partial charge on any atom is 0.208 e. The van der Waals surface area contributed by atoms with Crippen molar-refractivity contribution in [2.24, 2.45) is 0 Å². The Morgan fingerprint density at radius 3 is 1.50 bits per heavy atom. The van der Waals surface area contributed by atoms with E-state index in [0.717, 1.165) is 5.56 Å². The highest BCUT2D eigenvalue weighted by atomic mass is 16.3. The summed E-state index contributed by atoms with van der Waals surface area (Å²) in [6.45, 7) is 20.3. The van der Waals surface area contributed by atoms with Crippen molar-refractivity contribution in [2.45, 2.75) is 58.2 Å². The van der Waals surface area contributed by atoms with E-state index in [1.807, 2.05) is 74.7 Å². The molecule has 150 valence electrons. The highest BCUT2D eigenvalue weighted by Gasteiger charge is 2.38. The zero-order chi connectivity index (χ0) is 20.6. The van der Waals surface area contributed by atoms with Crippen LogP contribution in [0.1, 0.15) is 47.1 Å². The van der Waals surface area contributed by atoms with Gasteiger partial charge in [-0.1, -0.05) is 30.3 Å². The van der Waals surface area contributed by atoms with Gasteiger partial charge in [0.2, 0.25) is 13.3 Å². The molecule has 0 saturated heterocycles. The Kier molecular flexibility index (Phi) is 5.41. The van der Waals surface area contributed by atoms with Gasteiger partial charge in [0.1, 0.15) is 5.60 Å².